The molecule has 12 heteroatoms. The van der Waals surface area contributed by atoms with Crippen molar-refractivity contribution in [1.82, 2.24) is 4.90 Å². The lowest BCUT2D eigenvalue weighted by atomic mass is 10.2. The van der Waals surface area contributed by atoms with Crippen LogP contribution in [0.2, 0.25) is 5.02 Å². The average molecular weight is 631 g/mol. The summed E-state index contributed by atoms with van der Waals surface area (Å²) in [5.74, 6) is -0.933. The monoisotopic (exact) mass is 629 g/mol. The van der Waals surface area contributed by atoms with Crippen molar-refractivity contribution in [2.24, 2.45) is 0 Å². The van der Waals surface area contributed by atoms with Crippen molar-refractivity contribution in [3.8, 4) is 11.5 Å². The van der Waals surface area contributed by atoms with Crippen molar-refractivity contribution in [2.75, 3.05) is 30.9 Å². The molecular formula is C27H21BrClN3O6S. The molecule has 0 atom stereocenters. The second-order valence-electron chi connectivity index (χ2n) is 8.03. The maximum Gasteiger partial charge on any atom is 0.294 e. The number of nitrogens with one attached hydrogen (secondary N) is 2. The molecule has 9 nitrogen and oxygen atoms in total. The molecule has 1 heterocycles. The smallest absolute Gasteiger partial charge is 0.294 e. The van der Waals surface area contributed by atoms with Crippen LogP contribution in [0.1, 0.15) is 5.56 Å². The van der Waals surface area contributed by atoms with Crippen LogP contribution in [-0.4, -0.2) is 48.1 Å². The maximum atomic E-state index is 12.9. The van der Waals surface area contributed by atoms with E-state index in [1.165, 1.54) is 13.2 Å². The fourth-order valence-electron chi connectivity index (χ4n) is 3.50. The Hall–Kier alpha value is -3.80. The molecule has 2 N–H and O–H groups in total. The maximum absolute atomic E-state index is 12.9. The zero-order valence-corrected chi connectivity index (χ0v) is 23.6. The van der Waals surface area contributed by atoms with Gasteiger partial charge in [0.2, 0.25) is 5.91 Å². The normalized spacial score (nSPS) is 13.9. The van der Waals surface area contributed by atoms with Gasteiger partial charge in [-0.05, 0) is 75.7 Å². The van der Waals surface area contributed by atoms with Crippen molar-refractivity contribution in [1.29, 1.82) is 0 Å². The van der Waals surface area contributed by atoms with Gasteiger partial charge in [-0.2, -0.15) is 0 Å². The topological polar surface area (TPSA) is 114 Å². The molecule has 4 amide bonds. The average Bonchev–Trinajstić information content (AvgIpc) is 3.16. The SMILES string of the molecule is COc1cc(/C=C2\SC(=O)N(CC(=O)Nc3ccccc3)C2=O)cc(Br)c1OCC(=O)Nc1ccccc1Cl. The molecule has 0 bridgehead atoms. The lowest BCUT2D eigenvalue weighted by Crippen LogP contribution is -2.36. The number of hydrogen-bond acceptors (Lipinski definition) is 7. The van der Waals surface area contributed by atoms with Gasteiger partial charge in [0, 0.05) is 5.69 Å². The Morgan fingerprint density at radius 1 is 1.03 bits per heavy atom. The van der Waals surface area contributed by atoms with E-state index in [1.807, 2.05) is 6.07 Å². The zero-order valence-electron chi connectivity index (χ0n) is 20.4. The largest absolute Gasteiger partial charge is 0.493 e. The van der Waals surface area contributed by atoms with Gasteiger partial charge in [0.25, 0.3) is 17.1 Å². The van der Waals surface area contributed by atoms with E-state index in [4.69, 9.17) is 21.1 Å². The number of benzene rings is 3. The first kappa shape index (κ1) is 28.2. The summed E-state index contributed by atoms with van der Waals surface area (Å²) in [6, 6.07) is 18.8. The fraction of sp³-hybridized carbons (Fsp3) is 0.111. The van der Waals surface area contributed by atoms with Gasteiger partial charge in [0.1, 0.15) is 6.54 Å². The van der Waals surface area contributed by atoms with Gasteiger partial charge in [0.05, 0.1) is 27.2 Å². The van der Waals surface area contributed by atoms with Crippen molar-refractivity contribution in [3.63, 3.8) is 0 Å². The lowest BCUT2D eigenvalue weighted by molar-refractivity contribution is -0.127. The molecule has 0 radical (unpaired) electrons. The second kappa shape index (κ2) is 12.8. The minimum atomic E-state index is -0.583. The van der Waals surface area contributed by atoms with Crippen molar-refractivity contribution >= 4 is 79.7 Å². The van der Waals surface area contributed by atoms with Gasteiger partial charge in [-0.25, -0.2) is 0 Å². The molecule has 1 fully saturated rings. The molecule has 0 spiro atoms. The molecule has 1 saturated heterocycles. The molecule has 0 aromatic heterocycles. The molecular weight excluding hydrogens is 610 g/mol. The molecule has 200 valence electrons. The summed E-state index contributed by atoms with van der Waals surface area (Å²) in [4.78, 5) is 51.1. The van der Waals surface area contributed by atoms with Crippen LogP contribution in [-0.2, 0) is 14.4 Å². The first-order chi connectivity index (χ1) is 18.7. The molecule has 1 aliphatic heterocycles. The quantitative estimate of drug-likeness (QED) is 0.287. The number of imide groups is 1. The van der Waals surface area contributed by atoms with Crippen LogP contribution in [0.25, 0.3) is 6.08 Å². The number of nitrogens with zero attached hydrogens (tertiary/aromatic N) is 1. The van der Waals surface area contributed by atoms with E-state index in [0.29, 0.717) is 32.2 Å². The summed E-state index contributed by atoms with van der Waals surface area (Å²) in [5.41, 5.74) is 1.55. The highest BCUT2D eigenvalue weighted by Crippen LogP contribution is 2.39. The number of amides is 4. The molecule has 0 saturated carbocycles. The predicted molar refractivity (Wildman–Crippen MR) is 154 cm³/mol. The number of para-hydroxylation sites is 2. The van der Waals surface area contributed by atoms with Crippen LogP contribution in [0.15, 0.2) is 76.1 Å². The van der Waals surface area contributed by atoms with Gasteiger partial charge < -0.3 is 20.1 Å². The molecule has 3 aromatic rings. The predicted octanol–water partition coefficient (Wildman–Crippen LogP) is 5.80. The van der Waals surface area contributed by atoms with Gasteiger partial charge in [-0.1, -0.05) is 41.9 Å². The summed E-state index contributed by atoms with van der Waals surface area (Å²) in [6.07, 6.45) is 1.52. The Morgan fingerprint density at radius 2 is 1.74 bits per heavy atom. The van der Waals surface area contributed by atoms with Crippen LogP contribution in [0.5, 0.6) is 11.5 Å². The summed E-state index contributed by atoms with van der Waals surface area (Å²) in [6.45, 7) is -0.726. The van der Waals surface area contributed by atoms with Crippen LogP contribution >= 0.6 is 39.3 Å². The number of hydrogen-bond donors (Lipinski definition) is 2. The van der Waals surface area contributed by atoms with Crippen molar-refractivity contribution in [3.05, 3.63) is 86.7 Å². The minimum Gasteiger partial charge on any atom is -0.493 e. The molecule has 4 rings (SSSR count). The van der Waals surface area contributed by atoms with E-state index in [-0.39, 0.29) is 17.3 Å². The minimum absolute atomic E-state index is 0.147. The van der Waals surface area contributed by atoms with E-state index in [1.54, 1.807) is 60.7 Å². The van der Waals surface area contributed by atoms with E-state index in [2.05, 4.69) is 26.6 Å². The first-order valence-corrected chi connectivity index (χ1v) is 13.4. The molecule has 39 heavy (non-hydrogen) atoms. The van der Waals surface area contributed by atoms with Crippen molar-refractivity contribution < 1.29 is 28.7 Å². The number of halogens is 2. The first-order valence-electron chi connectivity index (χ1n) is 11.4. The lowest BCUT2D eigenvalue weighted by Gasteiger charge is -2.14. The standard InChI is InChI=1S/C27H21BrClN3O6S/c1-37-21-12-16(11-18(28)25(21)38-15-24(34)31-20-10-6-5-9-19(20)29)13-22-26(35)32(27(36)39-22)14-23(33)30-17-7-3-2-4-8-17/h2-13H,14-15H2,1H3,(H,30,33)(H,31,34)/b22-13-. The summed E-state index contributed by atoms with van der Waals surface area (Å²) >= 11 is 10.2. The molecule has 3 aromatic carbocycles. The van der Waals surface area contributed by atoms with Crippen molar-refractivity contribution in [2.45, 2.75) is 0 Å². The van der Waals surface area contributed by atoms with E-state index >= 15 is 0 Å². The molecule has 0 aliphatic carbocycles. The second-order valence-corrected chi connectivity index (χ2v) is 10.3. The summed E-state index contributed by atoms with van der Waals surface area (Å²) in [5, 5.41) is 5.17. The molecule has 1 aliphatic rings. The third-order valence-corrected chi connectivity index (χ3v) is 7.10. The van der Waals surface area contributed by atoms with Crippen LogP contribution < -0.4 is 20.1 Å². The van der Waals surface area contributed by atoms with Crippen LogP contribution in [0, 0.1) is 0 Å². The van der Waals surface area contributed by atoms with Crippen LogP contribution in [0.3, 0.4) is 0 Å². The molecule has 0 unspecified atom stereocenters. The number of methoxy groups -OCH3 is 1. The highest BCUT2D eigenvalue weighted by Gasteiger charge is 2.36. The van der Waals surface area contributed by atoms with Gasteiger partial charge in [0.15, 0.2) is 18.1 Å². The Labute approximate surface area is 241 Å². The van der Waals surface area contributed by atoms with Gasteiger partial charge in [-0.15, -0.1) is 0 Å². The number of carbonyl (C=O) groups is 4. The van der Waals surface area contributed by atoms with Crippen LogP contribution in [0.4, 0.5) is 16.2 Å². The Bertz CT molecular complexity index is 1470. The van der Waals surface area contributed by atoms with E-state index < -0.39 is 29.5 Å². The van der Waals surface area contributed by atoms with E-state index in [0.717, 1.165) is 16.7 Å². The Morgan fingerprint density at radius 3 is 2.46 bits per heavy atom. The van der Waals surface area contributed by atoms with E-state index in [9.17, 15) is 19.2 Å². The third kappa shape index (κ3) is 7.20. The number of rotatable bonds is 9. The van der Waals surface area contributed by atoms with Gasteiger partial charge >= 0.3 is 0 Å². The highest BCUT2D eigenvalue weighted by molar-refractivity contribution is 9.10. The number of thioether (sulfide) groups is 1. The third-order valence-electron chi connectivity index (χ3n) is 5.28. The Kier molecular flexibility index (Phi) is 9.28. The summed E-state index contributed by atoms with van der Waals surface area (Å²) < 4.78 is 11.6. The highest BCUT2D eigenvalue weighted by atomic mass is 79.9. The zero-order chi connectivity index (χ0) is 27.9. The number of ether oxygens (including phenoxy) is 2. The number of anilines is 2. The van der Waals surface area contributed by atoms with Gasteiger partial charge in [-0.3, -0.25) is 24.1 Å². The summed E-state index contributed by atoms with van der Waals surface area (Å²) in [7, 11) is 1.43. The number of carbonyl (C=O) groups excluding carboxylic acids is 4. The fourth-order valence-corrected chi connectivity index (χ4v) is 5.10. The Balaban J connectivity index is 1.43.